The summed E-state index contributed by atoms with van der Waals surface area (Å²) in [4.78, 5) is 14.1. The minimum absolute atomic E-state index is 0.0979. The molecule has 1 heterocycles. The van der Waals surface area contributed by atoms with Crippen molar-refractivity contribution in [3.8, 4) is 0 Å². The summed E-state index contributed by atoms with van der Waals surface area (Å²) in [6.07, 6.45) is 11.7. The molecule has 3 aliphatic carbocycles. The maximum absolute atomic E-state index is 12.2. The van der Waals surface area contributed by atoms with Gasteiger partial charge in [-0.15, -0.1) is 0 Å². The lowest BCUT2D eigenvalue weighted by Crippen LogP contribution is -2.59. The molecule has 0 aromatic heterocycles. The zero-order chi connectivity index (χ0) is 16.4. The summed E-state index contributed by atoms with van der Waals surface area (Å²) < 4.78 is 0. The molecule has 1 amide bonds. The third-order valence-corrected chi connectivity index (χ3v) is 8.25. The van der Waals surface area contributed by atoms with Gasteiger partial charge in [0.05, 0.1) is 0 Å². The zero-order valence-corrected chi connectivity index (χ0v) is 15.3. The fourth-order valence-electron chi connectivity index (χ4n) is 6.60. The molecule has 23 heavy (non-hydrogen) atoms. The Morgan fingerprint density at radius 2 is 2.04 bits per heavy atom. The van der Waals surface area contributed by atoms with E-state index in [0.29, 0.717) is 17.3 Å². The molecule has 0 bridgehead atoms. The summed E-state index contributed by atoms with van der Waals surface area (Å²) in [7, 11) is 1.96. The molecule has 2 nitrogen and oxygen atoms in total. The SMILES string of the molecule is CN1C(=O)C=C[C@]2(C)[C@H]3CC[C@]4(C)CCC[C@H]4[C@@H]3/C(=C\Cl)C[C@@H]12. The van der Waals surface area contributed by atoms with Gasteiger partial charge in [-0.3, -0.25) is 4.79 Å². The maximum atomic E-state index is 12.2. The zero-order valence-electron chi connectivity index (χ0n) is 14.5. The maximum Gasteiger partial charge on any atom is 0.246 e. The van der Waals surface area contributed by atoms with Gasteiger partial charge in [0.1, 0.15) is 0 Å². The third kappa shape index (κ3) is 2.03. The lowest BCUT2D eigenvalue weighted by molar-refractivity contribution is -0.134. The molecule has 4 aliphatic rings. The van der Waals surface area contributed by atoms with Crippen LogP contribution in [0.1, 0.15) is 52.4 Å². The number of amides is 1. The first-order chi connectivity index (χ1) is 10.9. The van der Waals surface area contributed by atoms with Crippen LogP contribution in [0, 0.1) is 28.6 Å². The Balaban J connectivity index is 1.79. The predicted octanol–water partition coefficient (Wildman–Crippen LogP) is 4.75. The van der Waals surface area contributed by atoms with Crippen molar-refractivity contribution in [1.82, 2.24) is 4.90 Å². The summed E-state index contributed by atoms with van der Waals surface area (Å²) in [5, 5.41) is 0. The molecule has 0 saturated heterocycles. The Bertz CT molecular complexity index is 596. The topological polar surface area (TPSA) is 20.3 Å². The Hall–Kier alpha value is -0.760. The van der Waals surface area contributed by atoms with Crippen LogP contribution in [0.4, 0.5) is 0 Å². The van der Waals surface area contributed by atoms with Crippen LogP contribution in [0.2, 0.25) is 0 Å². The quantitative estimate of drug-likeness (QED) is 0.626. The number of likely N-dealkylation sites (N-methyl/N-ethyl adjacent to an activating group) is 1. The van der Waals surface area contributed by atoms with Crippen molar-refractivity contribution >= 4 is 17.5 Å². The summed E-state index contributed by atoms with van der Waals surface area (Å²) in [6.45, 7) is 4.89. The normalized spacial score (nSPS) is 50.7. The van der Waals surface area contributed by atoms with Gasteiger partial charge in [-0.25, -0.2) is 0 Å². The first-order valence-corrected chi connectivity index (χ1v) is 9.59. The van der Waals surface area contributed by atoms with Gasteiger partial charge in [-0.2, -0.15) is 0 Å². The van der Waals surface area contributed by atoms with E-state index in [1.165, 1.54) is 37.7 Å². The molecular weight excluding hydrogens is 306 g/mol. The van der Waals surface area contributed by atoms with E-state index in [0.717, 1.165) is 12.3 Å². The largest absolute Gasteiger partial charge is 0.338 e. The van der Waals surface area contributed by atoms with Crippen molar-refractivity contribution in [2.45, 2.75) is 58.4 Å². The van der Waals surface area contributed by atoms with E-state index < -0.39 is 0 Å². The Morgan fingerprint density at radius 3 is 2.78 bits per heavy atom. The standard InChI is InChI=1S/C20H28ClNO/c1-19-8-4-5-14(19)18-13(12-21)11-16-20(2,15(18)6-9-19)10-7-17(23)22(16)3/h7,10,12,14-16,18H,4-6,8-9,11H2,1-3H3/b13-12-/t14-,15-,16+,18-,19-,20+/m0/s1. The lowest BCUT2D eigenvalue weighted by Gasteiger charge is -2.60. The van der Waals surface area contributed by atoms with E-state index in [-0.39, 0.29) is 17.4 Å². The lowest BCUT2D eigenvalue weighted by atomic mass is 9.47. The number of carbonyl (C=O) groups excluding carboxylic acids is 1. The van der Waals surface area contributed by atoms with Gasteiger partial charge in [-0.05, 0) is 61.3 Å². The minimum Gasteiger partial charge on any atom is -0.338 e. The molecule has 0 spiro atoms. The smallest absolute Gasteiger partial charge is 0.246 e. The van der Waals surface area contributed by atoms with Crippen molar-refractivity contribution < 1.29 is 4.79 Å². The van der Waals surface area contributed by atoms with Crippen LogP contribution in [0.25, 0.3) is 0 Å². The van der Waals surface area contributed by atoms with E-state index in [9.17, 15) is 4.79 Å². The number of hydrogen-bond donors (Lipinski definition) is 0. The second kappa shape index (κ2) is 5.12. The molecule has 6 atom stereocenters. The average Bonchev–Trinajstić information content (AvgIpc) is 2.93. The number of rotatable bonds is 0. The van der Waals surface area contributed by atoms with Crippen LogP contribution in [-0.4, -0.2) is 23.9 Å². The van der Waals surface area contributed by atoms with Gasteiger partial charge in [0.2, 0.25) is 5.91 Å². The number of hydrogen-bond acceptors (Lipinski definition) is 1. The van der Waals surface area contributed by atoms with Gasteiger partial charge < -0.3 is 4.90 Å². The summed E-state index contributed by atoms with van der Waals surface area (Å²) in [6, 6.07) is 0.261. The Labute approximate surface area is 144 Å². The number of carbonyl (C=O) groups is 1. The molecule has 3 heteroatoms. The van der Waals surface area contributed by atoms with Gasteiger partial charge in [0, 0.05) is 24.0 Å². The highest BCUT2D eigenvalue weighted by atomic mass is 35.5. The monoisotopic (exact) mass is 333 g/mol. The molecule has 0 unspecified atom stereocenters. The van der Waals surface area contributed by atoms with E-state index in [4.69, 9.17) is 11.6 Å². The molecular formula is C20H28ClNO. The fraction of sp³-hybridized carbons (Fsp3) is 0.750. The number of nitrogens with zero attached hydrogens (tertiary/aromatic N) is 1. The van der Waals surface area contributed by atoms with Gasteiger partial charge in [0.15, 0.2) is 0 Å². The second-order valence-corrected chi connectivity index (χ2v) is 9.09. The predicted molar refractivity (Wildman–Crippen MR) is 94.0 cm³/mol. The molecule has 3 saturated carbocycles. The average molecular weight is 334 g/mol. The van der Waals surface area contributed by atoms with Gasteiger partial charge >= 0.3 is 0 Å². The Kier molecular flexibility index (Phi) is 3.50. The first kappa shape index (κ1) is 15.7. The first-order valence-electron chi connectivity index (χ1n) is 9.16. The van der Waals surface area contributed by atoms with E-state index >= 15 is 0 Å². The van der Waals surface area contributed by atoms with Crippen molar-refractivity contribution in [3.05, 3.63) is 23.3 Å². The number of fused-ring (bicyclic) bond motifs is 5. The highest BCUT2D eigenvalue weighted by molar-refractivity contribution is 6.25. The van der Waals surface area contributed by atoms with Crippen LogP contribution in [0.15, 0.2) is 23.3 Å². The summed E-state index contributed by atoms with van der Waals surface area (Å²) in [5.41, 5.74) is 3.88. The Morgan fingerprint density at radius 1 is 1.26 bits per heavy atom. The van der Waals surface area contributed by atoms with E-state index in [1.807, 2.05) is 23.6 Å². The second-order valence-electron chi connectivity index (χ2n) is 8.88. The fourth-order valence-corrected chi connectivity index (χ4v) is 6.83. The van der Waals surface area contributed by atoms with Crippen LogP contribution in [-0.2, 0) is 4.79 Å². The highest BCUT2D eigenvalue weighted by Crippen LogP contribution is 2.65. The van der Waals surface area contributed by atoms with Gasteiger partial charge in [0.25, 0.3) is 0 Å². The number of halogens is 1. The molecule has 0 aromatic rings. The molecule has 1 aliphatic heterocycles. The van der Waals surface area contributed by atoms with Gasteiger partial charge in [-0.1, -0.05) is 43.5 Å². The molecule has 3 fully saturated rings. The molecule has 4 rings (SSSR count). The minimum atomic E-state index is 0.0979. The van der Waals surface area contributed by atoms with E-state index in [1.54, 1.807) is 0 Å². The summed E-state index contributed by atoms with van der Waals surface area (Å²) >= 11 is 6.31. The molecule has 0 aromatic carbocycles. The highest BCUT2D eigenvalue weighted by Gasteiger charge is 2.59. The summed E-state index contributed by atoms with van der Waals surface area (Å²) in [5.74, 6) is 2.15. The molecule has 0 N–H and O–H groups in total. The molecule has 0 radical (unpaired) electrons. The van der Waals surface area contributed by atoms with Crippen LogP contribution >= 0.6 is 11.6 Å². The van der Waals surface area contributed by atoms with Crippen LogP contribution < -0.4 is 0 Å². The van der Waals surface area contributed by atoms with Crippen molar-refractivity contribution in [2.24, 2.45) is 28.6 Å². The van der Waals surface area contributed by atoms with Crippen LogP contribution in [0.3, 0.4) is 0 Å². The van der Waals surface area contributed by atoms with Crippen LogP contribution in [0.5, 0.6) is 0 Å². The third-order valence-electron chi connectivity index (χ3n) is 7.97. The van der Waals surface area contributed by atoms with E-state index in [2.05, 4.69) is 19.9 Å². The van der Waals surface area contributed by atoms with Crippen molar-refractivity contribution in [3.63, 3.8) is 0 Å². The molecule has 126 valence electrons. The van der Waals surface area contributed by atoms with Crippen molar-refractivity contribution in [1.29, 1.82) is 0 Å². The van der Waals surface area contributed by atoms with Crippen molar-refractivity contribution in [2.75, 3.05) is 7.05 Å².